The molecule has 0 spiro atoms. The highest BCUT2D eigenvalue weighted by atomic mass is 32.1. The largest absolute Gasteiger partial charge is 0.388 e. The fraction of sp³-hybridized carbons (Fsp3) is 0.238. The number of anilines is 1. The van der Waals surface area contributed by atoms with Gasteiger partial charge in [-0.15, -0.1) is 11.3 Å². The molecule has 0 aliphatic carbocycles. The van der Waals surface area contributed by atoms with Crippen LogP contribution in [0.15, 0.2) is 47.8 Å². The highest BCUT2D eigenvalue weighted by molar-refractivity contribution is 7.13. The zero-order valence-corrected chi connectivity index (χ0v) is 15.8. The molecule has 4 nitrogen and oxygen atoms in total. The van der Waals surface area contributed by atoms with Crippen molar-refractivity contribution in [3.05, 3.63) is 70.7 Å². The van der Waals surface area contributed by atoms with Gasteiger partial charge in [-0.2, -0.15) is 0 Å². The maximum Gasteiger partial charge on any atom is 0.233 e. The molecule has 2 heterocycles. The first kappa shape index (κ1) is 18.7. The molecule has 2 aromatic carbocycles. The van der Waals surface area contributed by atoms with E-state index in [1.807, 2.05) is 0 Å². The molecule has 0 unspecified atom stereocenters. The zero-order chi connectivity index (χ0) is 19.7. The van der Waals surface area contributed by atoms with Gasteiger partial charge in [-0.05, 0) is 43.2 Å². The maximum absolute atomic E-state index is 13.6. The van der Waals surface area contributed by atoms with Crippen molar-refractivity contribution < 1.29 is 18.7 Å². The van der Waals surface area contributed by atoms with Crippen LogP contribution in [0.2, 0.25) is 0 Å². The molecular formula is C21H18F2N2O2S. The Hall–Kier alpha value is -2.64. The number of amides is 1. The van der Waals surface area contributed by atoms with E-state index in [0.717, 1.165) is 0 Å². The lowest BCUT2D eigenvalue weighted by Gasteiger charge is -2.23. The summed E-state index contributed by atoms with van der Waals surface area (Å²) in [7, 11) is 0. The van der Waals surface area contributed by atoms with Crippen molar-refractivity contribution in [3.8, 4) is 10.6 Å². The van der Waals surface area contributed by atoms with E-state index in [2.05, 4.69) is 4.98 Å². The molecule has 1 N–H and O–H groups in total. The molecular weight excluding hydrogens is 382 g/mol. The van der Waals surface area contributed by atoms with E-state index in [-0.39, 0.29) is 18.1 Å². The number of halogens is 2. The van der Waals surface area contributed by atoms with E-state index in [4.69, 9.17) is 0 Å². The summed E-state index contributed by atoms with van der Waals surface area (Å²) in [6.07, 6.45) is 0.385. The highest BCUT2D eigenvalue weighted by Gasteiger charge is 2.26. The van der Waals surface area contributed by atoms with Gasteiger partial charge in [0, 0.05) is 28.7 Å². The number of nitrogens with zero attached hydrogens (tertiary/aromatic N) is 2. The third kappa shape index (κ3) is 3.81. The molecule has 1 atom stereocenters. The summed E-state index contributed by atoms with van der Waals surface area (Å²) in [5, 5.41) is 12.7. The predicted octanol–water partition coefficient (Wildman–Crippen LogP) is 4.49. The van der Waals surface area contributed by atoms with Crippen LogP contribution in [0.4, 0.5) is 14.5 Å². The van der Waals surface area contributed by atoms with E-state index in [1.165, 1.54) is 41.7 Å². The second kappa shape index (κ2) is 7.77. The number of thiazole rings is 1. The second-order valence-corrected chi connectivity index (χ2v) is 7.60. The lowest BCUT2D eigenvalue weighted by molar-refractivity contribution is -0.118. The van der Waals surface area contributed by atoms with Gasteiger partial charge in [0.15, 0.2) is 0 Å². The van der Waals surface area contributed by atoms with Crippen LogP contribution in [0.5, 0.6) is 0 Å². The van der Waals surface area contributed by atoms with Crippen molar-refractivity contribution >= 4 is 22.9 Å². The molecule has 0 fully saturated rings. The fourth-order valence-corrected chi connectivity index (χ4v) is 4.23. The van der Waals surface area contributed by atoms with E-state index < -0.39 is 11.9 Å². The van der Waals surface area contributed by atoms with Crippen molar-refractivity contribution in [1.29, 1.82) is 0 Å². The fourth-order valence-electron chi connectivity index (χ4n) is 3.41. The topological polar surface area (TPSA) is 53.4 Å². The summed E-state index contributed by atoms with van der Waals surface area (Å²) in [5.74, 6) is -0.943. The number of rotatable bonds is 3. The van der Waals surface area contributed by atoms with E-state index in [0.29, 0.717) is 46.9 Å². The molecule has 28 heavy (non-hydrogen) atoms. The Labute approximate surface area is 165 Å². The first-order chi connectivity index (χ1) is 13.5. The molecule has 1 amide bonds. The molecule has 3 aromatic rings. The van der Waals surface area contributed by atoms with Gasteiger partial charge in [0.25, 0.3) is 0 Å². The number of carbonyl (C=O) groups is 1. The average molecular weight is 400 g/mol. The van der Waals surface area contributed by atoms with E-state index in [1.54, 1.807) is 22.4 Å². The molecule has 0 bridgehead atoms. The maximum atomic E-state index is 13.6. The van der Waals surface area contributed by atoms with Gasteiger partial charge in [-0.1, -0.05) is 12.1 Å². The SMILES string of the molecule is O=C(Cc1csc(-c2cccc(F)c2)n1)N1CCC[C@H](O)c2cc(F)ccc21. The van der Waals surface area contributed by atoms with Crippen LogP contribution in [-0.2, 0) is 11.2 Å². The first-order valence-electron chi connectivity index (χ1n) is 8.99. The molecule has 144 valence electrons. The number of hydrogen-bond donors (Lipinski definition) is 1. The van der Waals surface area contributed by atoms with Crippen LogP contribution in [0.1, 0.15) is 30.2 Å². The Morgan fingerprint density at radius 3 is 2.86 bits per heavy atom. The number of aromatic nitrogens is 1. The average Bonchev–Trinajstić information content (AvgIpc) is 3.07. The number of aliphatic hydroxyl groups is 1. The third-order valence-corrected chi connectivity index (χ3v) is 5.70. The molecule has 7 heteroatoms. The molecule has 1 aliphatic rings. The Morgan fingerprint density at radius 1 is 1.21 bits per heavy atom. The Bertz CT molecular complexity index is 1020. The normalized spacial score (nSPS) is 16.5. The Kier molecular flexibility index (Phi) is 5.19. The summed E-state index contributed by atoms with van der Waals surface area (Å²) < 4.78 is 27.0. The second-order valence-electron chi connectivity index (χ2n) is 6.74. The standard InChI is InChI=1S/C21H18F2N2O2S/c22-14-4-1-3-13(9-14)21-24-16(12-28-21)11-20(27)25-8-2-5-19(26)17-10-15(23)6-7-18(17)25/h1,3-4,6-7,9-10,12,19,26H,2,5,8,11H2/t19-/m0/s1. The van der Waals surface area contributed by atoms with Gasteiger partial charge < -0.3 is 10.0 Å². The van der Waals surface area contributed by atoms with Crippen molar-refractivity contribution in [2.75, 3.05) is 11.4 Å². The molecule has 1 aromatic heterocycles. The quantitative estimate of drug-likeness (QED) is 0.705. The molecule has 0 radical (unpaired) electrons. The van der Waals surface area contributed by atoms with Crippen LogP contribution in [0, 0.1) is 11.6 Å². The minimum absolute atomic E-state index is 0.0821. The number of hydrogen-bond acceptors (Lipinski definition) is 4. The van der Waals surface area contributed by atoms with Gasteiger partial charge in [0.1, 0.15) is 16.6 Å². The minimum Gasteiger partial charge on any atom is -0.388 e. The molecule has 0 saturated heterocycles. The lowest BCUT2D eigenvalue weighted by atomic mass is 10.0. The van der Waals surface area contributed by atoms with E-state index in [9.17, 15) is 18.7 Å². The van der Waals surface area contributed by atoms with Crippen LogP contribution >= 0.6 is 11.3 Å². The summed E-state index contributed by atoms with van der Waals surface area (Å²) in [6, 6.07) is 10.3. The van der Waals surface area contributed by atoms with Crippen molar-refractivity contribution in [2.45, 2.75) is 25.4 Å². The van der Waals surface area contributed by atoms with Gasteiger partial charge in [0.2, 0.25) is 5.91 Å². The van der Waals surface area contributed by atoms with Gasteiger partial charge >= 0.3 is 0 Å². The third-order valence-electron chi connectivity index (χ3n) is 4.76. The van der Waals surface area contributed by atoms with Crippen molar-refractivity contribution in [3.63, 3.8) is 0 Å². The number of carbonyl (C=O) groups excluding carboxylic acids is 1. The number of aliphatic hydroxyl groups excluding tert-OH is 1. The summed E-state index contributed by atoms with van der Waals surface area (Å²) in [4.78, 5) is 19.0. The van der Waals surface area contributed by atoms with Crippen molar-refractivity contribution in [2.24, 2.45) is 0 Å². The monoisotopic (exact) mass is 400 g/mol. The predicted molar refractivity (Wildman–Crippen MR) is 104 cm³/mol. The first-order valence-corrected chi connectivity index (χ1v) is 9.87. The van der Waals surface area contributed by atoms with Gasteiger partial charge in [-0.3, -0.25) is 4.79 Å². The van der Waals surface area contributed by atoms with Crippen LogP contribution in [0.25, 0.3) is 10.6 Å². The molecule has 4 rings (SSSR count). The number of benzene rings is 2. The number of fused-ring (bicyclic) bond motifs is 1. The van der Waals surface area contributed by atoms with Gasteiger partial charge in [-0.25, -0.2) is 13.8 Å². The molecule has 1 aliphatic heterocycles. The van der Waals surface area contributed by atoms with Crippen LogP contribution in [0.3, 0.4) is 0 Å². The Morgan fingerprint density at radius 2 is 2.04 bits per heavy atom. The van der Waals surface area contributed by atoms with Crippen LogP contribution < -0.4 is 4.90 Å². The lowest BCUT2D eigenvalue weighted by Crippen LogP contribution is -2.33. The smallest absolute Gasteiger partial charge is 0.233 e. The summed E-state index contributed by atoms with van der Waals surface area (Å²) in [5.41, 5.74) is 2.24. The minimum atomic E-state index is -0.789. The van der Waals surface area contributed by atoms with Crippen molar-refractivity contribution in [1.82, 2.24) is 4.98 Å². The zero-order valence-electron chi connectivity index (χ0n) is 14.9. The van der Waals surface area contributed by atoms with E-state index >= 15 is 0 Å². The summed E-state index contributed by atoms with van der Waals surface area (Å²) in [6.45, 7) is 0.454. The summed E-state index contributed by atoms with van der Waals surface area (Å²) >= 11 is 1.35. The molecule has 0 saturated carbocycles. The highest BCUT2D eigenvalue weighted by Crippen LogP contribution is 2.34. The Balaban J connectivity index is 1.57. The van der Waals surface area contributed by atoms with Crippen LogP contribution in [-0.4, -0.2) is 22.5 Å². The van der Waals surface area contributed by atoms with Gasteiger partial charge in [0.05, 0.1) is 18.2 Å².